The number of hydrogen-bond acceptors (Lipinski definition) is 10. The number of hydrogen-bond donors (Lipinski definition) is 3. The third-order valence-corrected chi connectivity index (χ3v) is 8.79. The van der Waals surface area contributed by atoms with Crippen molar-refractivity contribution in [3.63, 3.8) is 0 Å². The van der Waals surface area contributed by atoms with E-state index in [1.54, 1.807) is 48.7 Å². The Morgan fingerprint density at radius 3 is 2.65 bits per heavy atom. The molecule has 4 rings (SSSR count). The molecule has 2 amide bonds. The highest BCUT2D eigenvalue weighted by Crippen LogP contribution is 2.38. The molecule has 0 unspecified atom stereocenters. The summed E-state index contributed by atoms with van der Waals surface area (Å²) in [7, 11) is 2.54. The van der Waals surface area contributed by atoms with Crippen LogP contribution in [0.1, 0.15) is 36.9 Å². The number of carbonyl (C=O) groups excluding carboxylic acids is 2. The number of carbonyl (C=O) groups is 2. The second-order valence-electron chi connectivity index (χ2n) is 9.38. The Hall–Kier alpha value is -2.92. The number of ether oxygens (including phenoxy) is 2. The zero-order valence-corrected chi connectivity index (χ0v) is 23.1. The van der Waals surface area contributed by atoms with Crippen LogP contribution in [0.3, 0.4) is 0 Å². The van der Waals surface area contributed by atoms with E-state index in [9.17, 15) is 27.9 Å². The smallest absolute Gasteiger partial charge is 0.394 e. The van der Waals surface area contributed by atoms with E-state index in [2.05, 4.69) is 20.3 Å². The summed E-state index contributed by atoms with van der Waals surface area (Å²) >= 11 is 0. The minimum Gasteiger partial charge on any atom is -0.394 e. The molecule has 1 fully saturated rings. The van der Waals surface area contributed by atoms with Crippen LogP contribution >= 0.6 is 21.6 Å². The summed E-state index contributed by atoms with van der Waals surface area (Å²) in [6, 6.07) is 8.67. The van der Waals surface area contributed by atoms with Crippen LogP contribution in [-0.2, 0) is 14.3 Å². The van der Waals surface area contributed by atoms with Crippen LogP contribution < -0.4 is 10.6 Å². The highest BCUT2D eigenvalue weighted by molar-refractivity contribution is 8.77. The number of halogens is 3. The maximum Gasteiger partial charge on any atom is 0.471 e. The van der Waals surface area contributed by atoms with E-state index in [1.807, 2.05) is 5.32 Å². The molecule has 16 heteroatoms. The van der Waals surface area contributed by atoms with Crippen LogP contribution in [-0.4, -0.2) is 78.7 Å². The summed E-state index contributed by atoms with van der Waals surface area (Å²) in [4.78, 5) is 36.5. The number of amides is 2. The number of aliphatic hydroxyl groups excluding tert-OH is 1. The van der Waals surface area contributed by atoms with Gasteiger partial charge in [-0.1, -0.05) is 39.8 Å². The van der Waals surface area contributed by atoms with E-state index in [-0.39, 0.29) is 30.8 Å². The molecule has 3 N–H and O–H groups in total. The van der Waals surface area contributed by atoms with Crippen LogP contribution in [0.2, 0.25) is 0 Å². The molecule has 0 radical (unpaired) electrons. The van der Waals surface area contributed by atoms with Crippen molar-refractivity contribution in [3.05, 3.63) is 48.5 Å². The molecule has 1 aliphatic rings. The second kappa shape index (κ2) is 12.7. The van der Waals surface area contributed by atoms with Gasteiger partial charge >= 0.3 is 12.1 Å². The average Bonchev–Trinajstić information content (AvgIpc) is 3.54. The Morgan fingerprint density at radius 1 is 1.20 bits per heavy atom. The van der Waals surface area contributed by atoms with Crippen molar-refractivity contribution in [2.45, 2.75) is 49.6 Å². The van der Waals surface area contributed by atoms with Crippen molar-refractivity contribution >= 4 is 50.4 Å². The number of aliphatic hydroxyl groups is 1. The number of benzene rings is 1. The number of rotatable bonds is 11. The quantitative estimate of drug-likeness (QED) is 0.170. The van der Waals surface area contributed by atoms with E-state index in [1.165, 1.54) is 34.2 Å². The van der Waals surface area contributed by atoms with Crippen molar-refractivity contribution in [1.82, 2.24) is 24.8 Å². The van der Waals surface area contributed by atoms with Crippen molar-refractivity contribution < 1.29 is 37.3 Å². The number of nitrogens with zero attached hydrogens (tertiary/aromatic N) is 4. The van der Waals surface area contributed by atoms with E-state index >= 15 is 0 Å². The third-order valence-electron chi connectivity index (χ3n) is 5.84. The summed E-state index contributed by atoms with van der Waals surface area (Å²) < 4.78 is 50.2. The van der Waals surface area contributed by atoms with Gasteiger partial charge in [0.05, 0.1) is 19.0 Å². The van der Waals surface area contributed by atoms with Crippen LogP contribution in [0.4, 0.5) is 19.0 Å². The fourth-order valence-electron chi connectivity index (χ4n) is 3.86. The van der Waals surface area contributed by atoms with Crippen LogP contribution in [0.15, 0.2) is 43.0 Å². The van der Waals surface area contributed by atoms with Crippen molar-refractivity contribution in [1.29, 1.82) is 0 Å². The molecule has 0 spiro atoms. The summed E-state index contributed by atoms with van der Waals surface area (Å²) in [5, 5.41) is 14.5. The molecule has 0 saturated carbocycles. The maximum absolute atomic E-state index is 12.6. The Labute approximate surface area is 235 Å². The molecule has 2 aromatic heterocycles. The van der Waals surface area contributed by atoms with Gasteiger partial charge < -0.3 is 25.2 Å². The van der Waals surface area contributed by atoms with Gasteiger partial charge in [0.2, 0.25) is 0 Å². The Kier molecular flexibility index (Phi) is 9.56. The van der Waals surface area contributed by atoms with Gasteiger partial charge in [-0.3, -0.25) is 14.2 Å². The lowest BCUT2D eigenvalue weighted by Crippen LogP contribution is -2.42. The van der Waals surface area contributed by atoms with Gasteiger partial charge in [0.25, 0.3) is 5.91 Å². The number of aromatic nitrogens is 4. The SMILES string of the molecule is CC(C)(CNC(=O)C(F)(F)F)SSCO[C@@H]1C[C@H](n2cnc3c(NC(=O)c4ccccc4)ncnc32)O[C@@H]1CO. The first-order valence-corrected chi connectivity index (χ1v) is 14.4. The molecule has 11 nitrogen and oxygen atoms in total. The molecule has 1 saturated heterocycles. The van der Waals surface area contributed by atoms with Gasteiger partial charge in [-0.05, 0) is 26.0 Å². The molecule has 3 heterocycles. The fraction of sp³-hybridized carbons (Fsp3) is 0.458. The molecule has 216 valence electrons. The minimum atomic E-state index is -4.93. The summed E-state index contributed by atoms with van der Waals surface area (Å²) in [6.45, 7) is 2.93. The lowest BCUT2D eigenvalue weighted by molar-refractivity contribution is -0.173. The Balaban J connectivity index is 1.34. The van der Waals surface area contributed by atoms with E-state index in [4.69, 9.17) is 9.47 Å². The Morgan fingerprint density at radius 2 is 1.95 bits per heavy atom. The van der Waals surface area contributed by atoms with E-state index in [0.717, 1.165) is 0 Å². The first kappa shape index (κ1) is 30.0. The number of anilines is 1. The van der Waals surface area contributed by atoms with Crippen LogP contribution in [0.5, 0.6) is 0 Å². The minimum absolute atomic E-state index is 0.168. The summed E-state index contributed by atoms with van der Waals surface area (Å²) in [5.74, 6) is -1.92. The van der Waals surface area contributed by atoms with E-state index in [0.29, 0.717) is 23.1 Å². The molecule has 3 atom stereocenters. The van der Waals surface area contributed by atoms with Gasteiger partial charge in [-0.15, -0.1) is 0 Å². The topological polar surface area (TPSA) is 140 Å². The molecule has 1 aromatic carbocycles. The molecule has 3 aromatic rings. The predicted octanol–water partition coefficient (Wildman–Crippen LogP) is 3.54. The second-order valence-corrected chi connectivity index (χ2v) is 12.3. The van der Waals surface area contributed by atoms with Crippen molar-refractivity contribution in [2.75, 3.05) is 24.4 Å². The van der Waals surface area contributed by atoms with Gasteiger partial charge in [-0.2, -0.15) is 13.2 Å². The fourth-order valence-corrected chi connectivity index (χ4v) is 6.03. The zero-order valence-electron chi connectivity index (χ0n) is 21.4. The summed E-state index contributed by atoms with van der Waals surface area (Å²) in [5.41, 5.74) is 1.25. The van der Waals surface area contributed by atoms with Crippen molar-refractivity contribution in [3.8, 4) is 0 Å². The maximum atomic E-state index is 12.6. The van der Waals surface area contributed by atoms with E-state index < -0.39 is 35.3 Å². The average molecular weight is 601 g/mol. The van der Waals surface area contributed by atoms with Crippen LogP contribution in [0.25, 0.3) is 11.2 Å². The molecule has 0 aliphatic carbocycles. The monoisotopic (exact) mass is 600 g/mol. The lowest BCUT2D eigenvalue weighted by Gasteiger charge is -2.24. The van der Waals surface area contributed by atoms with Crippen LogP contribution in [0, 0.1) is 0 Å². The van der Waals surface area contributed by atoms with Gasteiger partial charge in [0.15, 0.2) is 17.0 Å². The largest absolute Gasteiger partial charge is 0.471 e. The Bertz CT molecular complexity index is 1330. The zero-order chi connectivity index (χ0) is 28.9. The number of alkyl halides is 3. The molecular formula is C24H27F3N6O5S2. The van der Waals surface area contributed by atoms with Gasteiger partial charge in [0, 0.05) is 23.3 Å². The molecule has 40 heavy (non-hydrogen) atoms. The normalized spacial score (nSPS) is 19.6. The van der Waals surface area contributed by atoms with Gasteiger partial charge in [-0.25, -0.2) is 15.0 Å². The highest BCUT2D eigenvalue weighted by atomic mass is 33.1. The first-order valence-electron chi connectivity index (χ1n) is 12.1. The highest BCUT2D eigenvalue weighted by Gasteiger charge is 2.40. The van der Waals surface area contributed by atoms with Gasteiger partial charge in [0.1, 0.15) is 24.6 Å². The number of imidazole rings is 1. The molecule has 1 aliphatic heterocycles. The predicted molar refractivity (Wildman–Crippen MR) is 143 cm³/mol. The summed E-state index contributed by atoms with van der Waals surface area (Å²) in [6.07, 6.45) is -3.42. The first-order chi connectivity index (χ1) is 19.0. The standard InChI is InChI=1S/C24H27F3N6O5S2/c1-23(2,10-28-22(36)24(25,26)27)40-39-13-37-15-8-17(38-16(15)9-34)33-12-31-18-19(29-11-30-20(18)33)32-21(35)14-6-4-3-5-7-14/h3-7,11-12,15-17,34H,8-10,13H2,1-2H3,(H,28,36)(H,29,30,32,35)/t15-,16-,17-/m1/s1. The lowest BCUT2D eigenvalue weighted by atomic mass is 10.2. The third kappa shape index (κ3) is 7.42. The number of fused-ring (bicyclic) bond motifs is 1. The molecule has 0 bridgehead atoms. The number of nitrogens with one attached hydrogen (secondary N) is 2. The molecular weight excluding hydrogens is 573 g/mol. The van der Waals surface area contributed by atoms with Crippen molar-refractivity contribution in [2.24, 2.45) is 0 Å².